The molecular weight excluding hydrogens is 438 g/mol. The van der Waals surface area contributed by atoms with Crippen molar-refractivity contribution >= 4 is 35.0 Å². The normalized spacial score (nSPS) is 17.0. The number of hydrogen-bond acceptors (Lipinski definition) is 4. The molecule has 4 rings (SSSR count). The number of benzene rings is 2. The highest BCUT2D eigenvalue weighted by Crippen LogP contribution is 2.30. The van der Waals surface area contributed by atoms with Gasteiger partial charge in [-0.15, -0.1) is 0 Å². The average molecular weight is 466 g/mol. The van der Waals surface area contributed by atoms with Gasteiger partial charge in [-0.05, 0) is 54.7 Å². The third kappa shape index (κ3) is 5.11. The molecule has 3 amide bonds. The summed E-state index contributed by atoms with van der Waals surface area (Å²) in [4.78, 5) is 39.3. The number of carbonyl (C=O) groups is 3. The molecule has 172 valence electrons. The molecule has 1 aliphatic carbocycles. The van der Waals surface area contributed by atoms with Crippen LogP contribution in [0.25, 0.3) is 0 Å². The number of nitrogens with one attached hydrogen (secondary N) is 2. The van der Waals surface area contributed by atoms with Gasteiger partial charge in [-0.1, -0.05) is 62.1 Å². The highest BCUT2D eigenvalue weighted by molar-refractivity contribution is 6.47. The predicted octanol–water partition coefficient (Wildman–Crippen LogP) is 4.74. The van der Waals surface area contributed by atoms with Crippen LogP contribution in [0.1, 0.15) is 60.5 Å². The average Bonchev–Trinajstić information content (AvgIpc) is 3.06. The van der Waals surface area contributed by atoms with E-state index in [9.17, 15) is 14.4 Å². The number of carbonyl (C=O) groups excluding carboxylic acids is 3. The standard InChI is InChI=1S/C26H28ClN3O3/c1-2-17-10-14-20(15-11-17)29-24(31)19-12-8-18(9-13-19)16-28-23-22(27)25(32)30(26(23)33)21-6-4-3-5-7-21/h8-15,21,28H,2-7,16H2,1H3,(H,29,31). The van der Waals surface area contributed by atoms with E-state index in [4.69, 9.17) is 11.6 Å². The topological polar surface area (TPSA) is 78.5 Å². The van der Waals surface area contributed by atoms with Crippen molar-refractivity contribution in [3.63, 3.8) is 0 Å². The molecule has 6 nitrogen and oxygen atoms in total. The van der Waals surface area contributed by atoms with Gasteiger partial charge in [-0.3, -0.25) is 19.3 Å². The summed E-state index contributed by atoms with van der Waals surface area (Å²) in [6.45, 7) is 2.41. The minimum Gasteiger partial charge on any atom is -0.375 e. The number of amides is 3. The second-order valence-electron chi connectivity index (χ2n) is 8.52. The smallest absolute Gasteiger partial charge is 0.278 e. The summed E-state index contributed by atoms with van der Waals surface area (Å²) in [6, 6.07) is 14.8. The van der Waals surface area contributed by atoms with Crippen LogP contribution in [0.15, 0.2) is 59.3 Å². The van der Waals surface area contributed by atoms with Gasteiger partial charge in [0.05, 0.1) is 0 Å². The van der Waals surface area contributed by atoms with Crippen molar-refractivity contribution in [1.82, 2.24) is 10.2 Å². The van der Waals surface area contributed by atoms with Gasteiger partial charge in [0.2, 0.25) is 0 Å². The van der Waals surface area contributed by atoms with Crippen molar-refractivity contribution in [2.75, 3.05) is 5.32 Å². The van der Waals surface area contributed by atoms with Crippen LogP contribution in [0.2, 0.25) is 0 Å². The molecule has 2 aliphatic rings. The van der Waals surface area contributed by atoms with Gasteiger partial charge in [-0.2, -0.15) is 0 Å². The van der Waals surface area contributed by atoms with Crippen molar-refractivity contribution < 1.29 is 14.4 Å². The lowest BCUT2D eigenvalue weighted by Crippen LogP contribution is -2.43. The third-order valence-corrected chi connectivity index (χ3v) is 6.65. The first-order valence-corrected chi connectivity index (χ1v) is 11.9. The maximum absolute atomic E-state index is 12.9. The van der Waals surface area contributed by atoms with Crippen LogP contribution < -0.4 is 10.6 Å². The number of anilines is 1. The fraction of sp³-hybridized carbons (Fsp3) is 0.346. The molecule has 2 aromatic carbocycles. The van der Waals surface area contributed by atoms with Crippen LogP contribution in [0.5, 0.6) is 0 Å². The van der Waals surface area contributed by atoms with E-state index < -0.39 is 5.91 Å². The Labute approximate surface area is 199 Å². The molecule has 7 heteroatoms. The summed E-state index contributed by atoms with van der Waals surface area (Å²) >= 11 is 6.22. The summed E-state index contributed by atoms with van der Waals surface area (Å²) in [6.07, 6.45) is 5.79. The zero-order valence-electron chi connectivity index (χ0n) is 18.7. The second kappa shape index (κ2) is 10.2. The van der Waals surface area contributed by atoms with E-state index in [0.29, 0.717) is 12.1 Å². The Balaban J connectivity index is 1.35. The molecule has 1 aliphatic heterocycles. The number of aryl methyl sites for hydroxylation is 1. The fourth-order valence-corrected chi connectivity index (χ4v) is 4.57. The molecule has 2 aromatic rings. The number of hydrogen-bond donors (Lipinski definition) is 2. The molecule has 1 heterocycles. The Hall–Kier alpha value is -3.12. The quantitative estimate of drug-likeness (QED) is 0.579. The minimum atomic E-state index is -0.407. The van der Waals surface area contributed by atoms with E-state index in [1.807, 2.05) is 36.4 Å². The predicted molar refractivity (Wildman–Crippen MR) is 129 cm³/mol. The van der Waals surface area contributed by atoms with Crippen LogP contribution in [0, 0.1) is 0 Å². The maximum Gasteiger partial charge on any atom is 0.278 e. The minimum absolute atomic E-state index is 0.0457. The van der Waals surface area contributed by atoms with E-state index >= 15 is 0 Å². The van der Waals surface area contributed by atoms with Crippen molar-refractivity contribution in [3.8, 4) is 0 Å². The molecular formula is C26H28ClN3O3. The first-order valence-electron chi connectivity index (χ1n) is 11.5. The monoisotopic (exact) mass is 465 g/mol. The fourth-order valence-electron chi connectivity index (χ4n) is 4.33. The van der Waals surface area contributed by atoms with Gasteiger partial charge in [0.1, 0.15) is 10.7 Å². The summed E-state index contributed by atoms with van der Waals surface area (Å²) in [5.74, 6) is -0.943. The van der Waals surface area contributed by atoms with Crippen LogP contribution in [0.4, 0.5) is 5.69 Å². The van der Waals surface area contributed by atoms with Crippen LogP contribution in [-0.2, 0) is 22.6 Å². The third-order valence-electron chi connectivity index (χ3n) is 6.30. The second-order valence-corrected chi connectivity index (χ2v) is 8.89. The van der Waals surface area contributed by atoms with Crippen molar-refractivity contribution in [1.29, 1.82) is 0 Å². The van der Waals surface area contributed by atoms with E-state index in [1.165, 1.54) is 10.5 Å². The van der Waals surface area contributed by atoms with E-state index in [2.05, 4.69) is 17.6 Å². The Morgan fingerprint density at radius 2 is 1.58 bits per heavy atom. The van der Waals surface area contributed by atoms with Crippen LogP contribution in [-0.4, -0.2) is 28.7 Å². The maximum atomic E-state index is 12.9. The van der Waals surface area contributed by atoms with Gasteiger partial charge in [0.15, 0.2) is 0 Å². The number of nitrogens with zero attached hydrogens (tertiary/aromatic N) is 1. The lowest BCUT2D eigenvalue weighted by atomic mass is 9.94. The molecule has 0 bridgehead atoms. The number of rotatable bonds is 7. The molecule has 0 saturated heterocycles. The van der Waals surface area contributed by atoms with Gasteiger partial charge in [-0.25, -0.2) is 0 Å². The zero-order valence-corrected chi connectivity index (χ0v) is 19.5. The highest BCUT2D eigenvalue weighted by Gasteiger charge is 2.41. The van der Waals surface area contributed by atoms with Crippen LogP contribution >= 0.6 is 11.6 Å². The first-order chi connectivity index (χ1) is 16.0. The Morgan fingerprint density at radius 3 is 2.21 bits per heavy atom. The van der Waals surface area contributed by atoms with Gasteiger partial charge in [0, 0.05) is 23.8 Å². The Morgan fingerprint density at radius 1 is 0.939 bits per heavy atom. The lowest BCUT2D eigenvalue weighted by Gasteiger charge is -2.29. The van der Waals surface area contributed by atoms with E-state index in [-0.39, 0.29) is 28.6 Å². The van der Waals surface area contributed by atoms with Crippen molar-refractivity contribution in [2.24, 2.45) is 0 Å². The van der Waals surface area contributed by atoms with Crippen molar-refractivity contribution in [2.45, 2.75) is 58.0 Å². The van der Waals surface area contributed by atoms with E-state index in [1.54, 1.807) is 12.1 Å². The lowest BCUT2D eigenvalue weighted by molar-refractivity contribution is -0.140. The Kier molecular flexibility index (Phi) is 7.14. The van der Waals surface area contributed by atoms with Gasteiger partial charge < -0.3 is 10.6 Å². The summed E-state index contributed by atoms with van der Waals surface area (Å²) in [5, 5.41) is 5.88. The summed E-state index contributed by atoms with van der Waals surface area (Å²) < 4.78 is 0. The highest BCUT2D eigenvalue weighted by atomic mass is 35.5. The molecule has 0 aromatic heterocycles. The molecule has 1 fully saturated rings. The Bertz CT molecular complexity index is 1070. The van der Waals surface area contributed by atoms with E-state index in [0.717, 1.165) is 49.8 Å². The molecule has 0 spiro atoms. The number of halogens is 1. The molecule has 1 saturated carbocycles. The van der Waals surface area contributed by atoms with Crippen molar-refractivity contribution in [3.05, 3.63) is 76.0 Å². The van der Waals surface area contributed by atoms with Crippen LogP contribution in [0.3, 0.4) is 0 Å². The number of imide groups is 1. The summed E-state index contributed by atoms with van der Waals surface area (Å²) in [7, 11) is 0. The SMILES string of the molecule is CCc1ccc(NC(=O)c2ccc(CNC3=C(Cl)C(=O)N(C4CCCCC4)C3=O)cc2)cc1. The molecule has 0 unspecified atom stereocenters. The molecule has 33 heavy (non-hydrogen) atoms. The zero-order chi connectivity index (χ0) is 23.4. The first kappa shape index (κ1) is 23.1. The largest absolute Gasteiger partial charge is 0.375 e. The molecule has 0 radical (unpaired) electrons. The molecule has 0 atom stereocenters. The van der Waals surface area contributed by atoms with Gasteiger partial charge >= 0.3 is 0 Å². The summed E-state index contributed by atoms with van der Waals surface area (Å²) in [5.41, 5.74) is 3.52. The van der Waals surface area contributed by atoms with Gasteiger partial charge in [0.25, 0.3) is 17.7 Å². The molecule has 2 N–H and O–H groups in total.